The summed E-state index contributed by atoms with van der Waals surface area (Å²) in [4.78, 5) is 10.3. The quantitative estimate of drug-likeness (QED) is 0.741. The van der Waals surface area contributed by atoms with Crippen molar-refractivity contribution < 1.29 is 14.4 Å². The van der Waals surface area contributed by atoms with E-state index in [1.807, 2.05) is 6.92 Å². The van der Waals surface area contributed by atoms with Crippen molar-refractivity contribution in [1.29, 1.82) is 0 Å². The number of carboxylic acid groups (broad SMARTS) is 1. The molecular formula is C6H8ClNO3. The second kappa shape index (κ2) is 3.98. The molecule has 0 radical (unpaired) electrons. The maximum Gasteiger partial charge on any atom is 0.340 e. The second-order valence-electron chi connectivity index (χ2n) is 1.82. The molecule has 0 atom stereocenters. The van der Waals surface area contributed by atoms with Gasteiger partial charge in [0.1, 0.15) is 5.56 Å². The van der Waals surface area contributed by atoms with Crippen molar-refractivity contribution in [2.24, 2.45) is 0 Å². The van der Waals surface area contributed by atoms with Gasteiger partial charge in [0.25, 0.3) is 0 Å². The first kappa shape index (κ1) is 9.97. The summed E-state index contributed by atoms with van der Waals surface area (Å²) in [7, 11) is 0. The minimum Gasteiger partial charge on any atom is -0.478 e. The van der Waals surface area contributed by atoms with Crippen LogP contribution in [0.15, 0.2) is 10.7 Å². The summed E-state index contributed by atoms with van der Waals surface area (Å²) in [6, 6.07) is 0. The van der Waals surface area contributed by atoms with Crippen LogP contribution < -0.4 is 0 Å². The standard InChI is InChI=1S/C6H7NO3.ClH/c1-2-5-4(6(8)9)3-7-10-5;/h3H,2H2,1H3,(H,8,9);1H. The highest BCUT2D eigenvalue weighted by atomic mass is 35.5. The van der Waals surface area contributed by atoms with Crippen molar-refractivity contribution >= 4 is 18.4 Å². The topological polar surface area (TPSA) is 63.3 Å². The molecule has 0 spiro atoms. The van der Waals surface area contributed by atoms with Crippen LogP contribution in [0.3, 0.4) is 0 Å². The summed E-state index contributed by atoms with van der Waals surface area (Å²) in [6.07, 6.45) is 1.77. The van der Waals surface area contributed by atoms with Gasteiger partial charge in [-0.25, -0.2) is 4.79 Å². The van der Waals surface area contributed by atoms with Crippen molar-refractivity contribution in [3.63, 3.8) is 0 Å². The lowest BCUT2D eigenvalue weighted by molar-refractivity contribution is 0.0694. The molecule has 0 amide bonds. The Hall–Kier alpha value is -1.03. The molecular weight excluding hydrogens is 170 g/mol. The predicted octanol–water partition coefficient (Wildman–Crippen LogP) is 1.36. The zero-order valence-corrected chi connectivity index (χ0v) is 6.72. The molecule has 0 aliphatic heterocycles. The molecule has 11 heavy (non-hydrogen) atoms. The SMILES string of the molecule is CCc1oncc1C(=O)O.Cl. The van der Waals surface area contributed by atoms with E-state index in [2.05, 4.69) is 9.68 Å². The van der Waals surface area contributed by atoms with Crippen LogP contribution in [-0.2, 0) is 6.42 Å². The summed E-state index contributed by atoms with van der Waals surface area (Å²) in [5.74, 6) is -0.564. The normalized spacial score (nSPS) is 8.82. The number of nitrogens with zero attached hydrogens (tertiary/aromatic N) is 1. The molecule has 0 aliphatic carbocycles. The van der Waals surface area contributed by atoms with E-state index in [4.69, 9.17) is 5.11 Å². The van der Waals surface area contributed by atoms with Crippen molar-refractivity contribution in [2.45, 2.75) is 13.3 Å². The first-order valence-electron chi connectivity index (χ1n) is 2.92. The maximum atomic E-state index is 10.3. The van der Waals surface area contributed by atoms with E-state index >= 15 is 0 Å². The molecule has 1 N–H and O–H groups in total. The fourth-order valence-corrected chi connectivity index (χ4v) is 0.693. The van der Waals surface area contributed by atoms with E-state index in [0.29, 0.717) is 12.2 Å². The van der Waals surface area contributed by atoms with Crippen molar-refractivity contribution in [2.75, 3.05) is 0 Å². The van der Waals surface area contributed by atoms with E-state index in [1.165, 1.54) is 6.20 Å². The minimum absolute atomic E-state index is 0. The number of hydrogen-bond acceptors (Lipinski definition) is 3. The molecule has 1 rings (SSSR count). The lowest BCUT2D eigenvalue weighted by Crippen LogP contribution is -1.97. The zero-order valence-electron chi connectivity index (χ0n) is 5.90. The van der Waals surface area contributed by atoms with E-state index < -0.39 is 5.97 Å². The zero-order chi connectivity index (χ0) is 7.56. The van der Waals surface area contributed by atoms with Crippen molar-refractivity contribution in [3.05, 3.63) is 17.5 Å². The summed E-state index contributed by atoms with van der Waals surface area (Å²) in [6.45, 7) is 1.81. The number of aromatic nitrogens is 1. The van der Waals surface area contributed by atoms with Crippen LogP contribution in [0.4, 0.5) is 0 Å². The third-order valence-electron chi connectivity index (χ3n) is 1.20. The van der Waals surface area contributed by atoms with Gasteiger partial charge in [0.2, 0.25) is 0 Å². The molecule has 0 aromatic carbocycles. The fraction of sp³-hybridized carbons (Fsp3) is 0.333. The molecule has 0 unspecified atom stereocenters. The van der Waals surface area contributed by atoms with Crippen LogP contribution in [0.2, 0.25) is 0 Å². The lowest BCUT2D eigenvalue weighted by atomic mass is 10.2. The average Bonchev–Trinajstić information content (AvgIpc) is 2.33. The van der Waals surface area contributed by atoms with Gasteiger partial charge in [0.15, 0.2) is 5.76 Å². The first-order valence-corrected chi connectivity index (χ1v) is 2.92. The van der Waals surface area contributed by atoms with Gasteiger partial charge in [-0.3, -0.25) is 0 Å². The number of carbonyl (C=O) groups is 1. The molecule has 0 bridgehead atoms. The Labute approximate surface area is 69.6 Å². The summed E-state index contributed by atoms with van der Waals surface area (Å²) in [5.41, 5.74) is 0.155. The molecule has 1 aromatic heterocycles. The van der Waals surface area contributed by atoms with Gasteiger partial charge >= 0.3 is 5.97 Å². The van der Waals surface area contributed by atoms with Crippen LogP contribution in [0.5, 0.6) is 0 Å². The highest BCUT2D eigenvalue weighted by Gasteiger charge is 2.11. The van der Waals surface area contributed by atoms with E-state index in [-0.39, 0.29) is 18.0 Å². The van der Waals surface area contributed by atoms with Gasteiger partial charge in [-0.2, -0.15) is 0 Å². The van der Waals surface area contributed by atoms with Gasteiger partial charge < -0.3 is 9.63 Å². The van der Waals surface area contributed by atoms with Crippen LogP contribution in [-0.4, -0.2) is 16.2 Å². The number of carboxylic acids is 1. The van der Waals surface area contributed by atoms with Crippen LogP contribution in [0, 0.1) is 0 Å². The molecule has 0 saturated carbocycles. The summed E-state index contributed by atoms with van der Waals surface area (Å²) >= 11 is 0. The number of halogens is 1. The monoisotopic (exact) mass is 177 g/mol. The molecule has 0 aliphatic rings. The number of rotatable bonds is 2. The van der Waals surface area contributed by atoms with Gasteiger partial charge in [0, 0.05) is 6.42 Å². The fourth-order valence-electron chi connectivity index (χ4n) is 0.693. The Kier molecular flexibility index (Phi) is 3.60. The smallest absolute Gasteiger partial charge is 0.340 e. The average molecular weight is 178 g/mol. The third kappa shape index (κ3) is 1.94. The van der Waals surface area contributed by atoms with Crippen molar-refractivity contribution in [1.82, 2.24) is 5.16 Å². The van der Waals surface area contributed by atoms with Gasteiger partial charge in [-0.1, -0.05) is 12.1 Å². The molecule has 1 aromatic rings. The lowest BCUT2D eigenvalue weighted by Gasteiger charge is -1.87. The van der Waals surface area contributed by atoms with Crippen molar-refractivity contribution in [3.8, 4) is 0 Å². The highest BCUT2D eigenvalue weighted by Crippen LogP contribution is 2.07. The first-order chi connectivity index (χ1) is 4.75. The van der Waals surface area contributed by atoms with Gasteiger partial charge in [-0.15, -0.1) is 12.4 Å². The Morgan fingerprint density at radius 2 is 2.45 bits per heavy atom. The second-order valence-corrected chi connectivity index (χ2v) is 1.82. The summed E-state index contributed by atoms with van der Waals surface area (Å²) in [5, 5.41) is 11.8. The molecule has 0 saturated heterocycles. The Morgan fingerprint density at radius 3 is 2.82 bits per heavy atom. The number of hydrogen-bond donors (Lipinski definition) is 1. The van der Waals surface area contributed by atoms with Crippen LogP contribution in [0.25, 0.3) is 0 Å². The van der Waals surface area contributed by atoms with Gasteiger partial charge in [-0.05, 0) is 0 Å². The molecule has 62 valence electrons. The third-order valence-corrected chi connectivity index (χ3v) is 1.20. The maximum absolute atomic E-state index is 10.3. The van der Waals surface area contributed by atoms with Crippen LogP contribution in [0.1, 0.15) is 23.0 Å². The Morgan fingerprint density at radius 1 is 1.82 bits per heavy atom. The summed E-state index contributed by atoms with van der Waals surface area (Å²) < 4.78 is 4.64. The Bertz CT molecular complexity index is 246. The van der Waals surface area contributed by atoms with Gasteiger partial charge in [0.05, 0.1) is 6.20 Å². The van der Waals surface area contributed by atoms with E-state index in [9.17, 15) is 4.79 Å². The minimum atomic E-state index is -0.988. The predicted molar refractivity (Wildman–Crippen MR) is 40.1 cm³/mol. The Balaban J connectivity index is 0.000001000. The number of aryl methyl sites for hydroxylation is 1. The van der Waals surface area contributed by atoms with E-state index in [0.717, 1.165) is 0 Å². The highest BCUT2D eigenvalue weighted by molar-refractivity contribution is 5.88. The largest absolute Gasteiger partial charge is 0.478 e. The molecule has 4 nitrogen and oxygen atoms in total. The molecule has 1 heterocycles. The van der Waals surface area contributed by atoms with Crippen LogP contribution >= 0.6 is 12.4 Å². The molecule has 5 heteroatoms. The number of aromatic carboxylic acids is 1. The molecule has 0 fully saturated rings. The van der Waals surface area contributed by atoms with E-state index in [1.54, 1.807) is 0 Å².